The van der Waals surface area contributed by atoms with E-state index in [0.29, 0.717) is 0 Å². The van der Waals surface area contributed by atoms with Gasteiger partial charge in [-0.1, -0.05) is 0 Å². The largest absolute Gasteiger partial charge is 0.476 e. The lowest BCUT2D eigenvalue weighted by Crippen LogP contribution is -2.06. The summed E-state index contributed by atoms with van der Waals surface area (Å²) in [6, 6.07) is 1.96. The second kappa shape index (κ2) is 3.73. The Morgan fingerprint density at radius 2 is 2.06 bits per heavy atom. The Morgan fingerprint density at radius 1 is 1.41 bits per heavy atom. The minimum atomic E-state index is -4.48. The highest BCUT2D eigenvalue weighted by Crippen LogP contribution is 2.30. The van der Waals surface area contributed by atoms with Crippen LogP contribution in [0.5, 0.6) is 0 Å². The summed E-state index contributed by atoms with van der Waals surface area (Å²) in [4.78, 5) is 14.4. The Bertz CT molecular complexity index is 606. The van der Waals surface area contributed by atoms with Gasteiger partial charge in [0.05, 0.1) is 5.56 Å². The topological polar surface area (TPSA) is 54.6 Å². The molecule has 0 unspecified atom stereocenters. The first-order valence-electron chi connectivity index (χ1n) is 4.29. The number of fused-ring (bicyclic) bond motifs is 1. The highest BCUT2D eigenvalue weighted by atomic mass is 79.9. The number of aromatic nitrogens is 2. The molecule has 0 spiro atoms. The Balaban J connectivity index is 2.70. The van der Waals surface area contributed by atoms with E-state index >= 15 is 0 Å². The van der Waals surface area contributed by atoms with Crippen molar-refractivity contribution in [2.24, 2.45) is 0 Å². The minimum absolute atomic E-state index is 0.0221. The van der Waals surface area contributed by atoms with Crippen molar-refractivity contribution in [2.45, 2.75) is 6.18 Å². The predicted molar refractivity (Wildman–Crippen MR) is 54.9 cm³/mol. The van der Waals surface area contributed by atoms with Gasteiger partial charge in [-0.2, -0.15) is 13.2 Å². The quantitative estimate of drug-likeness (QED) is 0.881. The minimum Gasteiger partial charge on any atom is -0.476 e. The molecule has 0 aromatic carbocycles. The van der Waals surface area contributed by atoms with Crippen LogP contribution in [0, 0.1) is 0 Å². The summed E-state index contributed by atoms with van der Waals surface area (Å²) < 4.78 is 38.4. The molecule has 0 radical (unpaired) electrons. The molecule has 2 rings (SSSR count). The van der Waals surface area contributed by atoms with E-state index in [1.165, 1.54) is 0 Å². The fourth-order valence-corrected chi connectivity index (χ4v) is 1.86. The Hall–Kier alpha value is -1.57. The van der Waals surface area contributed by atoms with E-state index in [-0.39, 0.29) is 15.9 Å². The summed E-state index contributed by atoms with van der Waals surface area (Å²) in [5, 5.41) is 8.77. The molecule has 90 valence electrons. The van der Waals surface area contributed by atoms with Gasteiger partial charge in [0.2, 0.25) is 0 Å². The number of nitrogens with zero attached hydrogens (tertiary/aromatic N) is 2. The number of alkyl halides is 3. The van der Waals surface area contributed by atoms with Crippen molar-refractivity contribution in [3.63, 3.8) is 0 Å². The first kappa shape index (κ1) is 11.9. The average Bonchev–Trinajstić information content (AvgIpc) is 2.54. The molecule has 2 aromatic rings. The van der Waals surface area contributed by atoms with E-state index in [2.05, 4.69) is 20.9 Å². The lowest BCUT2D eigenvalue weighted by atomic mass is 10.3. The lowest BCUT2D eigenvalue weighted by molar-refractivity contribution is -0.137. The molecule has 17 heavy (non-hydrogen) atoms. The van der Waals surface area contributed by atoms with E-state index < -0.39 is 17.7 Å². The van der Waals surface area contributed by atoms with Crippen molar-refractivity contribution in [3.8, 4) is 0 Å². The number of carboxylic acids is 1. The molecule has 4 nitrogen and oxygen atoms in total. The van der Waals surface area contributed by atoms with Crippen LogP contribution in [0.2, 0.25) is 0 Å². The molecular weight excluding hydrogens is 305 g/mol. The number of hydrogen-bond acceptors (Lipinski definition) is 2. The maximum atomic E-state index is 12.4. The number of carboxylic acid groups (broad SMARTS) is 1. The first-order chi connectivity index (χ1) is 7.80. The summed E-state index contributed by atoms with van der Waals surface area (Å²) in [5.41, 5.74) is -1.08. The van der Waals surface area contributed by atoms with Crippen molar-refractivity contribution < 1.29 is 23.1 Å². The number of hydrogen-bond donors (Lipinski definition) is 1. The molecule has 2 heterocycles. The van der Waals surface area contributed by atoms with Gasteiger partial charge in [-0.3, -0.25) is 4.40 Å². The number of rotatable bonds is 1. The van der Waals surface area contributed by atoms with Gasteiger partial charge in [-0.15, -0.1) is 0 Å². The molecular formula is C9H4BrF3N2O2. The highest BCUT2D eigenvalue weighted by Gasteiger charge is 2.31. The number of imidazole rings is 1. The van der Waals surface area contributed by atoms with E-state index in [9.17, 15) is 18.0 Å². The normalized spacial score (nSPS) is 12.0. The third kappa shape index (κ3) is 1.99. The Morgan fingerprint density at radius 3 is 2.59 bits per heavy atom. The Kier molecular flexibility index (Phi) is 2.61. The molecule has 0 bridgehead atoms. The van der Waals surface area contributed by atoms with Crippen molar-refractivity contribution in [2.75, 3.05) is 0 Å². The lowest BCUT2D eigenvalue weighted by Gasteiger charge is -2.06. The van der Waals surface area contributed by atoms with Crippen LogP contribution < -0.4 is 0 Å². The highest BCUT2D eigenvalue weighted by molar-refractivity contribution is 9.10. The van der Waals surface area contributed by atoms with Crippen LogP contribution in [-0.4, -0.2) is 20.5 Å². The summed E-state index contributed by atoms with van der Waals surface area (Å²) >= 11 is 2.91. The SMILES string of the molecule is O=C(O)c1nc2ccc(C(F)(F)F)cn2c1Br. The van der Waals surface area contributed by atoms with Crippen LogP contribution in [0.15, 0.2) is 22.9 Å². The third-order valence-electron chi connectivity index (χ3n) is 2.09. The second-order valence-corrected chi connectivity index (χ2v) is 3.95. The summed E-state index contributed by atoms with van der Waals surface area (Å²) in [6.07, 6.45) is -3.69. The van der Waals surface area contributed by atoms with Crippen LogP contribution in [0.4, 0.5) is 13.2 Å². The molecule has 0 amide bonds. The van der Waals surface area contributed by atoms with Gasteiger partial charge < -0.3 is 5.11 Å². The molecule has 8 heteroatoms. The summed E-state index contributed by atoms with van der Waals surface area (Å²) in [7, 11) is 0. The van der Waals surface area contributed by atoms with E-state index in [0.717, 1.165) is 22.7 Å². The zero-order valence-electron chi connectivity index (χ0n) is 7.99. The third-order valence-corrected chi connectivity index (χ3v) is 2.85. The molecule has 0 fully saturated rings. The molecule has 0 atom stereocenters. The molecule has 0 saturated carbocycles. The van der Waals surface area contributed by atoms with Gasteiger partial charge in [0.1, 0.15) is 10.3 Å². The maximum Gasteiger partial charge on any atom is 0.417 e. The second-order valence-electron chi connectivity index (χ2n) is 3.20. The van der Waals surface area contributed by atoms with Crippen LogP contribution in [0.1, 0.15) is 16.1 Å². The van der Waals surface area contributed by atoms with Gasteiger partial charge >= 0.3 is 12.1 Å². The van der Waals surface area contributed by atoms with Crippen LogP contribution >= 0.6 is 15.9 Å². The van der Waals surface area contributed by atoms with Gasteiger partial charge in [-0.05, 0) is 28.1 Å². The average molecular weight is 309 g/mol. The fraction of sp³-hybridized carbons (Fsp3) is 0.111. The Labute approximate surface area is 101 Å². The molecule has 0 saturated heterocycles. The van der Waals surface area contributed by atoms with Gasteiger partial charge in [0, 0.05) is 6.20 Å². The van der Waals surface area contributed by atoms with Crippen LogP contribution in [-0.2, 0) is 6.18 Å². The van der Waals surface area contributed by atoms with Crippen molar-refractivity contribution in [1.82, 2.24) is 9.38 Å². The van der Waals surface area contributed by atoms with Crippen LogP contribution in [0.3, 0.4) is 0 Å². The first-order valence-corrected chi connectivity index (χ1v) is 5.08. The van der Waals surface area contributed by atoms with Crippen molar-refractivity contribution in [1.29, 1.82) is 0 Å². The van der Waals surface area contributed by atoms with Gasteiger partial charge in [0.25, 0.3) is 0 Å². The number of halogens is 4. The van der Waals surface area contributed by atoms with Gasteiger partial charge in [0.15, 0.2) is 5.69 Å². The van der Waals surface area contributed by atoms with Gasteiger partial charge in [-0.25, -0.2) is 9.78 Å². The van der Waals surface area contributed by atoms with Crippen LogP contribution in [0.25, 0.3) is 5.65 Å². The van der Waals surface area contributed by atoms with Crippen molar-refractivity contribution in [3.05, 3.63) is 34.2 Å². The zero-order chi connectivity index (χ0) is 12.8. The molecule has 0 aliphatic heterocycles. The molecule has 0 aliphatic carbocycles. The fourth-order valence-electron chi connectivity index (χ4n) is 1.32. The van der Waals surface area contributed by atoms with E-state index in [1.807, 2.05) is 0 Å². The number of carbonyl (C=O) groups is 1. The monoisotopic (exact) mass is 308 g/mol. The number of aromatic carboxylic acids is 1. The van der Waals surface area contributed by atoms with E-state index in [1.54, 1.807) is 0 Å². The molecule has 1 N–H and O–H groups in total. The molecule has 2 aromatic heterocycles. The zero-order valence-corrected chi connectivity index (χ0v) is 9.58. The van der Waals surface area contributed by atoms with Crippen molar-refractivity contribution >= 4 is 27.5 Å². The smallest absolute Gasteiger partial charge is 0.417 e. The standard InChI is InChI=1S/C9H4BrF3N2O2/c10-7-6(8(16)17)14-5-2-1-4(3-15(5)7)9(11,12)13/h1-3H,(H,16,17). The molecule has 0 aliphatic rings. The summed E-state index contributed by atoms with van der Waals surface area (Å²) in [6.45, 7) is 0. The maximum absolute atomic E-state index is 12.4. The summed E-state index contributed by atoms with van der Waals surface area (Å²) in [5.74, 6) is -1.31. The van der Waals surface area contributed by atoms with E-state index in [4.69, 9.17) is 5.11 Å². The predicted octanol–water partition coefficient (Wildman–Crippen LogP) is 2.81. The number of pyridine rings is 1.